The number of nitrogens with zero attached hydrogens (tertiary/aromatic N) is 1. The second kappa shape index (κ2) is 6.89. The van der Waals surface area contributed by atoms with Crippen LogP contribution < -0.4 is 5.43 Å². The monoisotopic (exact) mass is 266 g/mol. The van der Waals surface area contributed by atoms with Gasteiger partial charge in [0.25, 0.3) is 5.91 Å². The Morgan fingerprint density at radius 3 is 2.50 bits per heavy atom. The van der Waals surface area contributed by atoms with Crippen LogP contribution in [0.2, 0.25) is 0 Å². The molecule has 0 aliphatic carbocycles. The molecule has 0 unspecified atom stereocenters. The standard InChI is InChI=1S/C16H14N2O2/c19-15-11-5-4-10-14(15)16(20)18-17-12-6-9-13-7-2-1-3-8-13/h1-12,19H,(H,18,20)/b9-6+,17-12+. The van der Waals surface area contributed by atoms with Gasteiger partial charge in [0, 0.05) is 6.21 Å². The van der Waals surface area contributed by atoms with Crippen LogP contribution in [0, 0.1) is 0 Å². The minimum atomic E-state index is -0.451. The molecule has 0 radical (unpaired) electrons. The maximum atomic E-state index is 11.7. The molecule has 0 atom stereocenters. The zero-order valence-electron chi connectivity index (χ0n) is 10.7. The fourth-order valence-corrected chi connectivity index (χ4v) is 1.58. The molecule has 2 N–H and O–H groups in total. The molecule has 4 nitrogen and oxygen atoms in total. The maximum absolute atomic E-state index is 11.7. The van der Waals surface area contributed by atoms with Crippen LogP contribution in [0.15, 0.2) is 65.8 Å². The van der Waals surface area contributed by atoms with Crippen molar-refractivity contribution in [3.8, 4) is 5.75 Å². The van der Waals surface area contributed by atoms with E-state index in [-0.39, 0.29) is 11.3 Å². The Morgan fingerprint density at radius 2 is 1.75 bits per heavy atom. The Hall–Kier alpha value is -2.88. The molecular formula is C16H14N2O2. The number of carbonyl (C=O) groups is 1. The first-order chi connectivity index (χ1) is 9.77. The van der Waals surface area contributed by atoms with Gasteiger partial charge in [0.15, 0.2) is 0 Å². The van der Waals surface area contributed by atoms with Crippen LogP contribution in [0.5, 0.6) is 5.75 Å². The zero-order valence-corrected chi connectivity index (χ0v) is 10.7. The van der Waals surface area contributed by atoms with Crippen molar-refractivity contribution >= 4 is 18.2 Å². The van der Waals surface area contributed by atoms with Crippen molar-refractivity contribution in [3.05, 3.63) is 71.8 Å². The molecule has 2 aromatic carbocycles. The molecule has 2 aromatic rings. The third kappa shape index (κ3) is 3.81. The summed E-state index contributed by atoms with van der Waals surface area (Å²) in [6.45, 7) is 0. The Kier molecular flexibility index (Phi) is 4.67. The number of allylic oxidation sites excluding steroid dienone is 1. The summed E-state index contributed by atoms with van der Waals surface area (Å²) in [4.78, 5) is 11.7. The number of carbonyl (C=O) groups excluding carboxylic acids is 1. The van der Waals surface area contributed by atoms with Crippen LogP contribution in [0.1, 0.15) is 15.9 Å². The van der Waals surface area contributed by atoms with E-state index in [0.717, 1.165) is 5.56 Å². The van der Waals surface area contributed by atoms with Gasteiger partial charge in [-0.25, -0.2) is 5.43 Å². The van der Waals surface area contributed by atoms with Crippen LogP contribution in [-0.2, 0) is 0 Å². The molecule has 20 heavy (non-hydrogen) atoms. The first kappa shape index (κ1) is 13.5. The van der Waals surface area contributed by atoms with Crippen LogP contribution in [0.25, 0.3) is 6.08 Å². The van der Waals surface area contributed by atoms with Gasteiger partial charge >= 0.3 is 0 Å². The first-order valence-corrected chi connectivity index (χ1v) is 6.10. The summed E-state index contributed by atoms with van der Waals surface area (Å²) >= 11 is 0. The van der Waals surface area contributed by atoms with E-state index in [2.05, 4.69) is 10.5 Å². The molecule has 0 saturated carbocycles. The molecule has 1 amide bonds. The summed E-state index contributed by atoms with van der Waals surface area (Å²) in [5.74, 6) is -0.521. The van der Waals surface area contributed by atoms with E-state index in [9.17, 15) is 9.90 Å². The molecule has 0 spiro atoms. The third-order valence-electron chi connectivity index (χ3n) is 2.56. The lowest BCUT2D eigenvalue weighted by Gasteiger charge is -2.01. The predicted octanol–water partition coefficient (Wildman–Crippen LogP) is 2.82. The van der Waals surface area contributed by atoms with Gasteiger partial charge in [-0.05, 0) is 23.8 Å². The number of para-hydroxylation sites is 1. The van der Waals surface area contributed by atoms with Crippen molar-refractivity contribution in [1.29, 1.82) is 0 Å². The minimum Gasteiger partial charge on any atom is -0.507 e. The number of hydrogen-bond acceptors (Lipinski definition) is 3. The number of phenolic OH excluding ortho intramolecular Hbond substituents is 1. The molecule has 0 saturated heterocycles. The lowest BCUT2D eigenvalue weighted by Crippen LogP contribution is -2.17. The molecule has 0 fully saturated rings. The molecule has 4 heteroatoms. The number of hydrogen-bond donors (Lipinski definition) is 2. The number of hydrazone groups is 1. The molecule has 0 aliphatic heterocycles. The van der Waals surface area contributed by atoms with E-state index >= 15 is 0 Å². The van der Waals surface area contributed by atoms with E-state index in [1.807, 2.05) is 36.4 Å². The Bertz CT molecular complexity index is 634. The summed E-state index contributed by atoms with van der Waals surface area (Å²) in [6, 6.07) is 16.1. The highest BCUT2D eigenvalue weighted by molar-refractivity contribution is 5.97. The highest BCUT2D eigenvalue weighted by Crippen LogP contribution is 2.14. The summed E-state index contributed by atoms with van der Waals surface area (Å²) in [5.41, 5.74) is 3.58. The second-order valence-corrected chi connectivity index (χ2v) is 4.01. The number of benzene rings is 2. The zero-order chi connectivity index (χ0) is 14.2. The van der Waals surface area contributed by atoms with Crippen LogP contribution >= 0.6 is 0 Å². The summed E-state index contributed by atoms with van der Waals surface area (Å²) in [6.07, 6.45) is 5.07. The molecule has 2 rings (SSSR count). The highest BCUT2D eigenvalue weighted by atomic mass is 16.3. The first-order valence-electron chi connectivity index (χ1n) is 6.10. The SMILES string of the molecule is O=C(N/N=C/C=C/c1ccccc1)c1ccccc1O. The van der Waals surface area contributed by atoms with Gasteiger partial charge in [0.1, 0.15) is 5.75 Å². The molecule has 0 bridgehead atoms. The normalized spacial score (nSPS) is 11.0. The Labute approximate surface area is 117 Å². The number of amides is 1. The number of phenols is 1. The average Bonchev–Trinajstić information content (AvgIpc) is 2.48. The van der Waals surface area contributed by atoms with Crippen LogP contribution in [0.4, 0.5) is 0 Å². The highest BCUT2D eigenvalue weighted by Gasteiger charge is 2.07. The van der Waals surface area contributed by atoms with Crippen molar-refractivity contribution < 1.29 is 9.90 Å². The second-order valence-electron chi connectivity index (χ2n) is 4.01. The third-order valence-corrected chi connectivity index (χ3v) is 2.56. The van der Waals surface area contributed by atoms with Gasteiger partial charge < -0.3 is 5.11 Å². The van der Waals surface area contributed by atoms with E-state index in [4.69, 9.17) is 0 Å². The van der Waals surface area contributed by atoms with E-state index in [1.165, 1.54) is 18.3 Å². The Morgan fingerprint density at radius 1 is 1.05 bits per heavy atom. The van der Waals surface area contributed by atoms with Gasteiger partial charge in [-0.2, -0.15) is 5.10 Å². The smallest absolute Gasteiger partial charge is 0.275 e. The maximum Gasteiger partial charge on any atom is 0.275 e. The van der Waals surface area contributed by atoms with Crippen molar-refractivity contribution in [1.82, 2.24) is 5.43 Å². The van der Waals surface area contributed by atoms with Crippen molar-refractivity contribution in [2.75, 3.05) is 0 Å². The topological polar surface area (TPSA) is 61.7 Å². The van der Waals surface area contributed by atoms with Gasteiger partial charge in [0.2, 0.25) is 0 Å². The predicted molar refractivity (Wildman–Crippen MR) is 79.5 cm³/mol. The van der Waals surface area contributed by atoms with Crippen molar-refractivity contribution in [2.45, 2.75) is 0 Å². The molecule has 0 aromatic heterocycles. The van der Waals surface area contributed by atoms with Crippen LogP contribution in [-0.4, -0.2) is 17.2 Å². The minimum absolute atomic E-state index is 0.0694. The van der Waals surface area contributed by atoms with Gasteiger partial charge in [0.05, 0.1) is 5.56 Å². The number of nitrogens with one attached hydrogen (secondary N) is 1. The lowest BCUT2D eigenvalue weighted by atomic mass is 10.2. The number of aromatic hydroxyl groups is 1. The van der Waals surface area contributed by atoms with E-state index < -0.39 is 5.91 Å². The van der Waals surface area contributed by atoms with Crippen LogP contribution in [0.3, 0.4) is 0 Å². The van der Waals surface area contributed by atoms with Gasteiger partial charge in [-0.15, -0.1) is 0 Å². The van der Waals surface area contributed by atoms with E-state index in [0.29, 0.717) is 0 Å². The van der Waals surface area contributed by atoms with Gasteiger partial charge in [-0.1, -0.05) is 48.5 Å². The summed E-state index contributed by atoms with van der Waals surface area (Å²) < 4.78 is 0. The molecule has 0 aliphatic rings. The quantitative estimate of drug-likeness (QED) is 0.660. The largest absolute Gasteiger partial charge is 0.507 e. The molecule has 100 valence electrons. The molecular weight excluding hydrogens is 252 g/mol. The van der Waals surface area contributed by atoms with E-state index in [1.54, 1.807) is 18.2 Å². The number of rotatable bonds is 4. The summed E-state index contributed by atoms with van der Waals surface area (Å²) in [5, 5.41) is 13.3. The van der Waals surface area contributed by atoms with Crippen molar-refractivity contribution in [2.24, 2.45) is 5.10 Å². The molecule has 0 heterocycles. The fourth-order valence-electron chi connectivity index (χ4n) is 1.58. The Balaban J connectivity index is 1.89. The average molecular weight is 266 g/mol. The summed E-state index contributed by atoms with van der Waals surface area (Å²) in [7, 11) is 0. The van der Waals surface area contributed by atoms with Crippen molar-refractivity contribution in [3.63, 3.8) is 0 Å². The lowest BCUT2D eigenvalue weighted by molar-refractivity contribution is 0.0952. The van der Waals surface area contributed by atoms with Gasteiger partial charge in [-0.3, -0.25) is 4.79 Å². The fraction of sp³-hybridized carbons (Fsp3) is 0.